The first-order valence-corrected chi connectivity index (χ1v) is 10.1. The van der Waals surface area contributed by atoms with Crippen LogP contribution in [0.3, 0.4) is 0 Å². The first-order chi connectivity index (χ1) is 13.1. The van der Waals surface area contributed by atoms with E-state index in [-0.39, 0.29) is 41.8 Å². The molecule has 1 saturated heterocycles. The van der Waals surface area contributed by atoms with Crippen molar-refractivity contribution in [3.8, 4) is 10.6 Å². The minimum atomic E-state index is -0.146. The summed E-state index contributed by atoms with van der Waals surface area (Å²) in [5.41, 5.74) is 2.07. The number of likely N-dealkylation sites (tertiary alicyclic amines) is 1. The molecule has 152 valence electrons. The minimum absolute atomic E-state index is 0. The molecule has 0 aliphatic carbocycles. The molecule has 1 aliphatic heterocycles. The number of aromatic nitrogens is 1. The Bertz CT molecular complexity index is 797. The van der Waals surface area contributed by atoms with Gasteiger partial charge in [0.1, 0.15) is 5.01 Å². The van der Waals surface area contributed by atoms with Crippen LogP contribution >= 0.6 is 35.3 Å². The summed E-state index contributed by atoms with van der Waals surface area (Å²) in [5.74, 6) is 0.811. The molecule has 3 rings (SSSR count). The summed E-state index contributed by atoms with van der Waals surface area (Å²) in [6, 6.07) is 10.2. The molecule has 0 saturated carbocycles. The van der Waals surface area contributed by atoms with Crippen LogP contribution in [0.5, 0.6) is 0 Å². The Morgan fingerprint density at radius 3 is 2.79 bits per heavy atom. The van der Waals surface area contributed by atoms with Gasteiger partial charge in [0.2, 0.25) is 0 Å². The number of carbonyl (C=O) groups is 1. The van der Waals surface area contributed by atoms with Crippen LogP contribution in [0.2, 0.25) is 0 Å². The molecular formula is C20H27IN4O2S. The lowest BCUT2D eigenvalue weighted by atomic mass is 9.99. The van der Waals surface area contributed by atoms with Gasteiger partial charge in [-0.3, -0.25) is 4.79 Å². The molecule has 1 fully saturated rings. The topological polar surface area (TPSA) is 66.8 Å². The van der Waals surface area contributed by atoms with Gasteiger partial charge in [0, 0.05) is 30.6 Å². The highest BCUT2D eigenvalue weighted by Crippen LogP contribution is 2.25. The van der Waals surface area contributed by atoms with E-state index in [1.807, 2.05) is 25.1 Å². The molecule has 2 aromatic rings. The summed E-state index contributed by atoms with van der Waals surface area (Å²) in [6.07, 6.45) is 0. The van der Waals surface area contributed by atoms with Crippen molar-refractivity contribution in [1.29, 1.82) is 0 Å². The predicted molar refractivity (Wildman–Crippen MR) is 124 cm³/mol. The molecule has 2 heterocycles. The largest absolute Gasteiger partial charge is 0.469 e. The Labute approximate surface area is 187 Å². The molecule has 0 radical (unpaired) electrons. The third-order valence-electron chi connectivity index (χ3n) is 4.71. The Hall–Kier alpha value is -1.68. The normalized spacial score (nSPS) is 19.2. The maximum Gasteiger partial charge on any atom is 0.310 e. The number of halogens is 1. The highest BCUT2D eigenvalue weighted by Gasteiger charge is 2.36. The summed E-state index contributed by atoms with van der Waals surface area (Å²) in [7, 11) is 1.45. The molecule has 2 atom stereocenters. The fourth-order valence-corrected chi connectivity index (χ4v) is 4.09. The Morgan fingerprint density at radius 2 is 2.11 bits per heavy atom. The van der Waals surface area contributed by atoms with Gasteiger partial charge in [0.25, 0.3) is 0 Å². The van der Waals surface area contributed by atoms with Gasteiger partial charge in [-0.2, -0.15) is 0 Å². The van der Waals surface area contributed by atoms with E-state index in [1.54, 1.807) is 11.3 Å². The number of hydrogen-bond acceptors (Lipinski definition) is 5. The van der Waals surface area contributed by atoms with Gasteiger partial charge >= 0.3 is 5.97 Å². The number of benzene rings is 1. The van der Waals surface area contributed by atoms with Gasteiger partial charge in [0.05, 0.1) is 25.3 Å². The first-order valence-electron chi connectivity index (χ1n) is 9.23. The molecule has 8 heteroatoms. The average Bonchev–Trinajstić information content (AvgIpc) is 3.32. The third kappa shape index (κ3) is 5.44. The van der Waals surface area contributed by atoms with Crippen molar-refractivity contribution in [1.82, 2.24) is 15.2 Å². The molecule has 1 aliphatic rings. The van der Waals surface area contributed by atoms with Crippen molar-refractivity contribution in [2.75, 3.05) is 26.7 Å². The van der Waals surface area contributed by atoms with Crippen LogP contribution in [0.1, 0.15) is 19.5 Å². The second kappa shape index (κ2) is 10.8. The number of aliphatic imine (C=N–C) groups is 1. The quantitative estimate of drug-likeness (QED) is 0.286. The van der Waals surface area contributed by atoms with E-state index < -0.39 is 0 Å². The highest BCUT2D eigenvalue weighted by atomic mass is 127. The van der Waals surface area contributed by atoms with E-state index in [2.05, 4.69) is 34.7 Å². The number of esters is 1. The fourth-order valence-electron chi connectivity index (χ4n) is 3.27. The van der Waals surface area contributed by atoms with Crippen LogP contribution in [0.15, 0.2) is 40.7 Å². The van der Waals surface area contributed by atoms with Gasteiger partial charge in [-0.25, -0.2) is 9.98 Å². The molecule has 0 amide bonds. The Kier molecular flexibility index (Phi) is 8.68. The minimum Gasteiger partial charge on any atom is -0.469 e. The number of nitrogens with one attached hydrogen (secondary N) is 1. The number of carbonyl (C=O) groups excluding carboxylic acids is 1. The standard InChI is InChI=1S/C20H26N4O2S.HI/c1-4-21-20(24-11-14(2)17(12-24)19(25)26-3)22-10-16-13-27-18(23-16)15-8-6-5-7-9-15;/h5-9,13-14,17H,4,10-12H2,1-3H3,(H,21,22);1H. The van der Waals surface area contributed by atoms with Crippen molar-refractivity contribution >= 4 is 47.2 Å². The van der Waals surface area contributed by atoms with Crippen molar-refractivity contribution < 1.29 is 9.53 Å². The first kappa shape index (κ1) is 22.6. The van der Waals surface area contributed by atoms with Crippen LogP contribution in [-0.2, 0) is 16.1 Å². The van der Waals surface area contributed by atoms with E-state index in [9.17, 15) is 4.79 Å². The van der Waals surface area contributed by atoms with Crippen LogP contribution in [0.25, 0.3) is 10.6 Å². The number of ether oxygens (including phenoxy) is 1. The van der Waals surface area contributed by atoms with Gasteiger partial charge in [0.15, 0.2) is 5.96 Å². The van der Waals surface area contributed by atoms with Crippen LogP contribution in [-0.4, -0.2) is 48.6 Å². The zero-order valence-electron chi connectivity index (χ0n) is 16.4. The van der Waals surface area contributed by atoms with E-state index in [1.165, 1.54) is 7.11 Å². The summed E-state index contributed by atoms with van der Waals surface area (Å²) >= 11 is 1.63. The molecule has 1 aromatic heterocycles. The predicted octanol–water partition coefficient (Wildman–Crippen LogP) is 3.63. The van der Waals surface area contributed by atoms with Crippen molar-refractivity contribution in [3.05, 3.63) is 41.4 Å². The zero-order chi connectivity index (χ0) is 19.2. The number of guanidine groups is 1. The third-order valence-corrected chi connectivity index (χ3v) is 5.65. The molecule has 0 bridgehead atoms. The lowest BCUT2D eigenvalue weighted by Crippen LogP contribution is -2.40. The number of hydrogen-bond donors (Lipinski definition) is 1. The SMILES string of the molecule is CCNC(=NCc1csc(-c2ccccc2)n1)N1CC(C)C(C(=O)OC)C1.I. The smallest absolute Gasteiger partial charge is 0.310 e. The second-order valence-corrected chi connectivity index (χ2v) is 7.55. The monoisotopic (exact) mass is 514 g/mol. The van der Waals surface area contributed by atoms with Crippen molar-refractivity contribution in [2.45, 2.75) is 20.4 Å². The maximum atomic E-state index is 11.9. The number of nitrogens with zero attached hydrogens (tertiary/aromatic N) is 3. The van der Waals surface area contributed by atoms with E-state index in [0.29, 0.717) is 13.1 Å². The molecule has 28 heavy (non-hydrogen) atoms. The average molecular weight is 514 g/mol. The highest BCUT2D eigenvalue weighted by molar-refractivity contribution is 14.0. The van der Waals surface area contributed by atoms with Crippen molar-refractivity contribution in [3.63, 3.8) is 0 Å². The van der Waals surface area contributed by atoms with Crippen molar-refractivity contribution in [2.24, 2.45) is 16.8 Å². The van der Waals surface area contributed by atoms with E-state index in [4.69, 9.17) is 14.7 Å². The second-order valence-electron chi connectivity index (χ2n) is 6.69. The van der Waals surface area contributed by atoms with Crippen LogP contribution in [0, 0.1) is 11.8 Å². The summed E-state index contributed by atoms with van der Waals surface area (Å²) in [6.45, 7) is 6.84. The Morgan fingerprint density at radius 1 is 1.36 bits per heavy atom. The lowest BCUT2D eigenvalue weighted by Gasteiger charge is -2.21. The number of thiazole rings is 1. The maximum absolute atomic E-state index is 11.9. The van der Waals surface area contributed by atoms with Gasteiger partial charge in [-0.05, 0) is 12.8 Å². The molecule has 1 aromatic carbocycles. The van der Waals surface area contributed by atoms with Gasteiger partial charge < -0.3 is 15.0 Å². The molecule has 6 nitrogen and oxygen atoms in total. The zero-order valence-corrected chi connectivity index (χ0v) is 19.6. The molecule has 0 spiro atoms. The van der Waals surface area contributed by atoms with Crippen LogP contribution < -0.4 is 5.32 Å². The molecular weight excluding hydrogens is 487 g/mol. The lowest BCUT2D eigenvalue weighted by molar-refractivity contribution is -0.145. The van der Waals surface area contributed by atoms with E-state index in [0.717, 1.165) is 35.3 Å². The van der Waals surface area contributed by atoms with Gasteiger partial charge in [-0.1, -0.05) is 37.3 Å². The molecule has 1 N–H and O–H groups in total. The number of rotatable bonds is 5. The summed E-state index contributed by atoms with van der Waals surface area (Å²) < 4.78 is 4.93. The summed E-state index contributed by atoms with van der Waals surface area (Å²) in [4.78, 5) is 23.5. The molecule has 2 unspecified atom stereocenters. The number of methoxy groups -OCH3 is 1. The van der Waals surface area contributed by atoms with Gasteiger partial charge in [-0.15, -0.1) is 35.3 Å². The fraction of sp³-hybridized carbons (Fsp3) is 0.450. The Balaban J connectivity index is 0.00000280. The van der Waals surface area contributed by atoms with E-state index >= 15 is 0 Å². The van der Waals surface area contributed by atoms with Crippen LogP contribution in [0.4, 0.5) is 0 Å². The summed E-state index contributed by atoms with van der Waals surface area (Å²) in [5, 5.41) is 6.39.